The lowest BCUT2D eigenvalue weighted by Gasteiger charge is -2.31. The Labute approximate surface area is 98.8 Å². The highest BCUT2D eigenvalue weighted by molar-refractivity contribution is 4.77. The first-order chi connectivity index (χ1) is 7.53. The minimum absolute atomic E-state index is 0.0710. The molecule has 0 radical (unpaired) electrons. The van der Waals surface area contributed by atoms with Crippen LogP contribution in [-0.2, 0) is 4.74 Å². The largest absolute Gasteiger partial charge is 0.394 e. The molecule has 1 saturated heterocycles. The zero-order chi connectivity index (χ0) is 12.0. The highest BCUT2D eigenvalue weighted by Gasteiger charge is 2.18. The van der Waals surface area contributed by atoms with Crippen LogP contribution in [0.5, 0.6) is 0 Å². The molecule has 4 heteroatoms. The standard InChI is InChI=1S/C12H26N2O2/c1-11-9-14(7-8-16-11)6-4-3-5-12(2,13)10-15/h11,15H,3-10,13H2,1-2H3. The second kappa shape index (κ2) is 6.55. The van der Waals surface area contributed by atoms with Crippen LogP contribution < -0.4 is 5.73 Å². The zero-order valence-corrected chi connectivity index (χ0v) is 10.6. The first-order valence-electron chi connectivity index (χ1n) is 6.27. The van der Waals surface area contributed by atoms with Crippen molar-refractivity contribution in [3.63, 3.8) is 0 Å². The lowest BCUT2D eigenvalue weighted by atomic mass is 9.97. The van der Waals surface area contributed by atoms with Crippen LogP contribution in [0.25, 0.3) is 0 Å². The molecule has 0 aromatic rings. The van der Waals surface area contributed by atoms with Crippen molar-refractivity contribution in [1.82, 2.24) is 4.90 Å². The minimum atomic E-state index is -0.404. The Morgan fingerprint density at radius 2 is 2.25 bits per heavy atom. The van der Waals surface area contributed by atoms with Crippen LogP contribution in [0, 0.1) is 0 Å². The molecular weight excluding hydrogens is 204 g/mol. The van der Waals surface area contributed by atoms with Crippen molar-refractivity contribution in [2.24, 2.45) is 5.73 Å². The molecule has 1 rings (SSSR count). The molecule has 2 atom stereocenters. The fourth-order valence-corrected chi connectivity index (χ4v) is 2.04. The van der Waals surface area contributed by atoms with E-state index in [1.54, 1.807) is 0 Å². The molecule has 96 valence electrons. The normalized spacial score (nSPS) is 26.6. The van der Waals surface area contributed by atoms with Gasteiger partial charge >= 0.3 is 0 Å². The number of rotatable bonds is 6. The van der Waals surface area contributed by atoms with Gasteiger partial charge in [0, 0.05) is 18.6 Å². The van der Waals surface area contributed by atoms with Crippen molar-refractivity contribution in [3.8, 4) is 0 Å². The molecule has 1 aliphatic rings. The lowest BCUT2D eigenvalue weighted by Crippen LogP contribution is -2.42. The Hall–Kier alpha value is -0.160. The molecule has 0 aromatic carbocycles. The minimum Gasteiger partial charge on any atom is -0.394 e. The van der Waals surface area contributed by atoms with E-state index < -0.39 is 5.54 Å². The van der Waals surface area contributed by atoms with E-state index in [1.807, 2.05) is 6.92 Å². The second-order valence-corrected chi connectivity index (χ2v) is 5.25. The molecular formula is C12H26N2O2. The summed E-state index contributed by atoms with van der Waals surface area (Å²) in [6.45, 7) is 8.16. The molecule has 1 fully saturated rings. The first-order valence-corrected chi connectivity index (χ1v) is 6.27. The van der Waals surface area contributed by atoms with Gasteiger partial charge in [-0.1, -0.05) is 6.42 Å². The van der Waals surface area contributed by atoms with Gasteiger partial charge in [0.05, 0.1) is 19.3 Å². The van der Waals surface area contributed by atoms with Crippen LogP contribution >= 0.6 is 0 Å². The maximum absolute atomic E-state index is 9.02. The monoisotopic (exact) mass is 230 g/mol. The van der Waals surface area contributed by atoms with E-state index in [0.717, 1.165) is 45.5 Å². The first kappa shape index (κ1) is 13.9. The van der Waals surface area contributed by atoms with E-state index in [1.165, 1.54) is 0 Å². The van der Waals surface area contributed by atoms with Crippen molar-refractivity contribution in [3.05, 3.63) is 0 Å². The predicted octanol–water partition coefficient (Wildman–Crippen LogP) is 0.587. The van der Waals surface area contributed by atoms with Gasteiger partial charge in [0.1, 0.15) is 0 Å². The quantitative estimate of drug-likeness (QED) is 0.656. The van der Waals surface area contributed by atoms with Gasteiger partial charge in [0.2, 0.25) is 0 Å². The third-order valence-electron chi connectivity index (χ3n) is 3.16. The van der Waals surface area contributed by atoms with Crippen molar-refractivity contribution in [2.75, 3.05) is 32.8 Å². The average molecular weight is 230 g/mol. The van der Waals surface area contributed by atoms with Gasteiger partial charge in [0.25, 0.3) is 0 Å². The highest BCUT2D eigenvalue weighted by Crippen LogP contribution is 2.11. The van der Waals surface area contributed by atoms with Gasteiger partial charge in [-0.3, -0.25) is 4.90 Å². The second-order valence-electron chi connectivity index (χ2n) is 5.25. The molecule has 1 aliphatic heterocycles. The van der Waals surface area contributed by atoms with Crippen LogP contribution in [-0.4, -0.2) is 54.5 Å². The Morgan fingerprint density at radius 3 is 2.88 bits per heavy atom. The molecule has 0 spiro atoms. The Bertz CT molecular complexity index is 197. The summed E-state index contributed by atoms with van der Waals surface area (Å²) in [4.78, 5) is 2.45. The maximum atomic E-state index is 9.02. The molecule has 0 saturated carbocycles. The van der Waals surface area contributed by atoms with E-state index >= 15 is 0 Å². The van der Waals surface area contributed by atoms with E-state index in [0.29, 0.717) is 6.10 Å². The van der Waals surface area contributed by atoms with E-state index in [9.17, 15) is 0 Å². The van der Waals surface area contributed by atoms with Crippen molar-refractivity contribution in [1.29, 1.82) is 0 Å². The number of aliphatic hydroxyl groups is 1. The third-order valence-corrected chi connectivity index (χ3v) is 3.16. The Kier molecular flexibility index (Phi) is 5.69. The van der Waals surface area contributed by atoms with Gasteiger partial charge < -0.3 is 15.6 Å². The number of hydrogen-bond acceptors (Lipinski definition) is 4. The third kappa shape index (κ3) is 5.25. The molecule has 3 N–H and O–H groups in total. The molecule has 0 aliphatic carbocycles. The number of ether oxygens (including phenoxy) is 1. The fraction of sp³-hybridized carbons (Fsp3) is 1.00. The molecule has 4 nitrogen and oxygen atoms in total. The van der Waals surface area contributed by atoms with Gasteiger partial charge in [-0.15, -0.1) is 0 Å². The smallest absolute Gasteiger partial charge is 0.0674 e. The highest BCUT2D eigenvalue weighted by atomic mass is 16.5. The number of nitrogens with two attached hydrogens (primary N) is 1. The Morgan fingerprint density at radius 1 is 1.50 bits per heavy atom. The summed E-state index contributed by atoms with van der Waals surface area (Å²) in [6, 6.07) is 0. The van der Waals surface area contributed by atoms with Crippen molar-refractivity contribution in [2.45, 2.75) is 44.8 Å². The predicted molar refractivity (Wildman–Crippen MR) is 65.4 cm³/mol. The average Bonchev–Trinajstić information content (AvgIpc) is 2.25. The molecule has 0 amide bonds. The topological polar surface area (TPSA) is 58.7 Å². The summed E-state index contributed by atoms with van der Waals surface area (Å²) in [6.07, 6.45) is 3.49. The van der Waals surface area contributed by atoms with Crippen LogP contribution in [0.2, 0.25) is 0 Å². The zero-order valence-electron chi connectivity index (χ0n) is 10.6. The lowest BCUT2D eigenvalue weighted by molar-refractivity contribution is -0.0187. The van der Waals surface area contributed by atoms with E-state index in [2.05, 4.69) is 11.8 Å². The maximum Gasteiger partial charge on any atom is 0.0674 e. The van der Waals surface area contributed by atoms with E-state index in [-0.39, 0.29) is 6.61 Å². The van der Waals surface area contributed by atoms with Crippen LogP contribution in [0.3, 0.4) is 0 Å². The molecule has 1 heterocycles. The fourth-order valence-electron chi connectivity index (χ4n) is 2.04. The molecule has 16 heavy (non-hydrogen) atoms. The van der Waals surface area contributed by atoms with Gasteiger partial charge in [-0.05, 0) is 33.2 Å². The van der Waals surface area contributed by atoms with Crippen molar-refractivity contribution >= 4 is 0 Å². The van der Waals surface area contributed by atoms with Gasteiger partial charge in [-0.2, -0.15) is 0 Å². The SMILES string of the molecule is CC1CN(CCCCC(C)(N)CO)CCO1. The number of nitrogens with zero attached hydrogens (tertiary/aromatic N) is 1. The van der Waals surface area contributed by atoms with Crippen molar-refractivity contribution < 1.29 is 9.84 Å². The number of morpholine rings is 1. The van der Waals surface area contributed by atoms with Crippen LogP contribution in [0.4, 0.5) is 0 Å². The summed E-state index contributed by atoms with van der Waals surface area (Å²) in [5.41, 5.74) is 5.47. The van der Waals surface area contributed by atoms with Gasteiger partial charge in [-0.25, -0.2) is 0 Å². The number of unbranched alkanes of at least 4 members (excludes halogenated alkanes) is 1. The number of aliphatic hydroxyl groups excluding tert-OH is 1. The summed E-state index contributed by atoms with van der Waals surface area (Å²) in [5, 5.41) is 9.02. The molecule has 0 bridgehead atoms. The summed E-state index contributed by atoms with van der Waals surface area (Å²) in [5.74, 6) is 0. The molecule has 0 aromatic heterocycles. The summed E-state index contributed by atoms with van der Waals surface area (Å²) in [7, 11) is 0. The summed E-state index contributed by atoms with van der Waals surface area (Å²) < 4.78 is 5.49. The van der Waals surface area contributed by atoms with E-state index in [4.69, 9.17) is 15.6 Å². The van der Waals surface area contributed by atoms with Crippen LogP contribution in [0.1, 0.15) is 33.1 Å². The van der Waals surface area contributed by atoms with Gasteiger partial charge in [0.15, 0.2) is 0 Å². The molecule has 2 unspecified atom stereocenters. The summed E-state index contributed by atoms with van der Waals surface area (Å²) >= 11 is 0. The van der Waals surface area contributed by atoms with Crippen LogP contribution in [0.15, 0.2) is 0 Å². The number of hydrogen-bond donors (Lipinski definition) is 2. The Balaban J connectivity index is 2.06.